The van der Waals surface area contributed by atoms with Crippen LogP contribution in [0, 0.1) is 0 Å². The SMILES string of the molecule is COC(=O)COc1ccc(Cl)cc1OC. The van der Waals surface area contributed by atoms with Gasteiger partial charge in [-0.05, 0) is 12.1 Å². The van der Waals surface area contributed by atoms with Gasteiger partial charge in [-0.15, -0.1) is 0 Å². The first-order valence-electron chi connectivity index (χ1n) is 4.20. The third-order valence-corrected chi connectivity index (χ3v) is 1.93. The van der Waals surface area contributed by atoms with Gasteiger partial charge in [0.1, 0.15) is 0 Å². The molecule has 1 rings (SSSR count). The van der Waals surface area contributed by atoms with E-state index in [-0.39, 0.29) is 6.61 Å². The van der Waals surface area contributed by atoms with Crippen molar-refractivity contribution in [2.75, 3.05) is 20.8 Å². The molecule has 0 unspecified atom stereocenters. The van der Waals surface area contributed by atoms with Crippen molar-refractivity contribution in [3.05, 3.63) is 23.2 Å². The van der Waals surface area contributed by atoms with Crippen molar-refractivity contribution in [1.82, 2.24) is 0 Å². The molecular weight excluding hydrogens is 220 g/mol. The van der Waals surface area contributed by atoms with E-state index >= 15 is 0 Å². The molecule has 0 aliphatic heterocycles. The number of carbonyl (C=O) groups is 1. The highest BCUT2D eigenvalue weighted by Crippen LogP contribution is 2.29. The van der Waals surface area contributed by atoms with Crippen LogP contribution in [0.25, 0.3) is 0 Å². The van der Waals surface area contributed by atoms with Gasteiger partial charge in [-0.3, -0.25) is 0 Å². The summed E-state index contributed by atoms with van der Waals surface area (Å²) in [7, 11) is 2.79. The summed E-state index contributed by atoms with van der Waals surface area (Å²) >= 11 is 5.76. The van der Waals surface area contributed by atoms with Crippen molar-refractivity contribution < 1.29 is 19.0 Å². The lowest BCUT2D eigenvalue weighted by Gasteiger charge is -2.09. The number of hydrogen-bond donors (Lipinski definition) is 0. The topological polar surface area (TPSA) is 44.8 Å². The van der Waals surface area contributed by atoms with Crippen LogP contribution in [0.2, 0.25) is 5.02 Å². The quantitative estimate of drug-likeness (QED) is 0.741. The van der Waals surface area contributed by atoms with Crippen molar-refractivity contribution in [1.29, 1.82) is 0 Å². The summed E-state index contributed by atoms with van der Waals surface area (Å²) in [5.74, 6) is 0.478. The van der Waals surface area contributed by atoms with Gasteiger partial charge in [0.2, 0.25) is 0 Å². The van der Waals surface area contributed by atoms with Gasteiger partial charge < -0.3 is 14.2 Å². The monoisotopic (exact) mass is 230 g/mol. The fourth-order valence-corrected chi connectivity index (χ4v) is 1.12. The fraction of sp³-hybridized carbons (Fsp3) is 0.300. The largest absolute Gasteiger partial charge is 0.493 e. The van der Waals surface area contributed by atoms with Crippen molar-refractivity contribution in [2.24, 2.45) is 0 Å². The molecule has 1 aromatic carbocycles. The van der Waals surface area contributed by atoms with E-state index in [1.165, 1.54) is 14.2 Å². The van der Waals surface area contributed by atoms with E-state index < -0.39 is 5.97 Å². The molecule has 0 atom stereocenters. The molecule has 15 heavy (non-hydrogen) atoms. The Hall–Kier alpha value is -1.42. The molecule has 0 amide bonds. The van der Waals surface area contributed by atoms with Crippen molar-refractivity contribution in [2.45, 2.75) is 0 Å². The van der Waals surface area contributed by atoms with Gasteiger partial charge in [-0.2, -0.15) is 0 Å². The normalized spacial score (nSPS) is 9.53. The van der Waals surface area contributed by atoms with Crippen LogP contribution in [-0.2, 0) is 9.53 Å². The molecule has 4 nitrogen and oxygen atoms in total. The minimum Gasteiger partial charge on any atom is -0.493 e. The lowest BCUT2D eigenvalue weighted by atomic mass is 10.3. The molecule has 0 spiro atoms. The predicted octanol–water partition coefficient (Wildman–Crippen LogP) is 1.90. The van der Waals surface area contributed by atoms with Crippen LogP contribution in [0.3, 0.4) is 0 Å². The van der Waals surface area contributed by atoms with Gasteiger partial charge in [0.05, 0.1) is 14.2 Å². The van der Waals surface area contributed by atoms with Crippen LogP contribution < -0.4 is 9.47 Å². The van der Waals surface area contributed by atoms with Gasteiger partial charge in [-0.25, -0.2) is 4.79 Å². The zero-order valence-electron chi connectivity index (χ0n) is 8.45. The average Bonchev–Trinajstić information content (AvgIpc) is 2.26. The molecule has 0 fully saturated rings. The molecule has 1 aromatic rings. The minimum atomic E-state index is -0.452. The van der Waals surface area contributed by atoms with Crippen LogP contribution in [0.4, 0.5) is 0 Å². The molecule has 5 heteroatoms. The molecule has 82 valence electrons. The third kappa shape index (κ3) is 3.32. The highest BCUT2D eigenvalue weighted by molar-refractivity contribution is 6.30. The molecule has 0 saturated carbocycles. The molecule has 0 aliphatic carbocycles. The maximum Gasteiger partial charge on any atom is 0.343 e. The molecule has 0 aromatic heterocycles. The molecular formula is C10H11ClO4. The molecule has 0 heterocycles. The predicted molar refractivity (Wildman–Crippen MR) is 55.5 cm³/mol. The number of rotatable bonds is 4. The van der Waals surface area contributed by atoms with Crippen LogP contribution in [-0.4, -0.2) is 26.8 Å². The maximum absolute atomic E-state index is 10.8. The number of halogens is 1. The van der Waals surface area contributed by atoms with Gasteiger partial charge >= 0.3 is 5.97 Å². The lowest BCUT2D eigenvalue weighted by Crippen LogP contribution is -2.12. The highest BCUT2D eigenvalue weighted by Gasteiger charge is 2.07. The maximum atomic E-state index is 10.8. The van der Waals surface area contributed by atoms with E-state index in [1.54, 1.807) is 18.2 Å². The van der Waals surface area contributed by atoms with E-state index in [4.69, 9.17) is 21.1 Å². The molecule has 0 saturated heterocycles. The van der Waals surface area contributed by atoms with Gasteiger partial charge in [-0.1, -0.05) is 11.6 Å². The first kappa shape index (κ1) is 11.7. The Kier molecular flexibility index (Phi) is 4.24. The van der Waals surface area contributed by atoms with Crippen molar-refractivity contribution >= 4 is 17.6 Å². The summed E-state index contributed by atoms with van der Waals surface area (Å²) in [6.45, 7) is -0.158. The van der Waals surface area contributed by atoms with Crippen molar-refractivity contribution in [3.63, 3.8) is 0 Å². The van der Waals surface area contributed by atoms with Gasteiger partial charge in [0.25, 0.3) is 0 Å². The van der Waals surface area contributed by atoms with E-state index in [2.05, 4.69) is 4.74 Å². The Morgan fingerprint density at radius 1 is 1.33 bits per heavy atom. The number of methoxy groups -OCH3 is 2. The number of carbonyl (C=O) groups excluding carboxylic acids is 1. The zero-order chi connectivity index (χ0) is 11.3. The summed E-state index contributed by atoms with van der Waals surface area (Å²) in [6, 6.07) is 4.88. The minimum absolute atomic E-state index is 0.158. The number of benzene rings is 1. The Morgan fingerprint density at radius 2 is 2.07 bits per heavy atom. The number of hydrogen-bond acceptors (Lipinski definition) is 4. The Labute approximate surface area is 92.7 Å². The second-order valence-electron chi connectivity index (χ2n) is 2.66. The summed E-state index contributed by atoms with van der Waals surface area (Å²) in [6.07, 6.45) is 0. The Morgan fingerprint density at radius 3 is 2.67 bits per heavy atom. The lowest BCUT2D eigenvalue weighted by molar-refractivity contribution is -0.142. The molecule has 0 N–H and O–H groups in total. The highest BCUT2D eigenvalue weighted by atomic mass is 35.5. The smallest absolute Gasteiger partial charge is 0.343 e. The Bertz CT molecular complexity index is 351. The first-order chi connectivity index (χ1) is 7.17. The summed E-state index contributed by atoms with van der Waals surface area (Å²) in [5, 5.41) is 0.539. The molecule has 0 aliphatic rings. The van der Waals surface area contributed by atoms with Crippen LogP contribution in [0.5, 0.6) is 11.5 Å². The van der Waals surface area contributed by atoms with E-state index in [0.717, 1.165) is 0 Å². The van der Waals surface area contributed by atoms with E-state index in [0.29, 0.717) is 16.5 Å². The number of esters is 1. The van der Waals surface area contributed by atoms with Crippen molar-refractivity contribution in [3.8, 4) is 11.5 Å². The molecule has 0 radical (unpaired) electrons. The van der Waals surface area contributed by atoms with E-state index in [1.807, 2.05) is 0 Å². The zero-order valence-corrected chi connectivity index (χ0v) is 9.21. The second-order valence-corrected chi connectivity index (χ2v) is 3.10. The van der Waals surface area contributed by atoms with E-state index in [9.17, 15) is 4.79 Å². The third-order valence-electron chi connectivity index (χ3n) is 1.70. The van der Waals surface area contributed by atoms with Crippen LogP contribution >= 0.6 is 11.6 Å². The molecule has 0 bridgehead atoms. The summed E-state index contributed by atoms with van der Waals surface area (Å²) < 4.78 is 14.6. The fourth-order valence-electron chi connectivity index (χ4n) is 0.956. The Balaban J connectivity index is 2.72. The van der Waals surface area contributed by atoms with Crippen LogP contribution in [0.1, 0.15) is 0 Å². The number of ether oxygens (including phenoxy) is 3. The standard InChI is InChI=1S/C10H11ClO4/c1-13-9-5-7(11)3-4-8(9)15-6-10(12)14-2/h3-5H,6H2,1-2H3. The second kappa shape index (κ2) is 5.46. The summed E-state index contributed by atoms with van der Waals surface area (Å²) in [5.41, 5.74) is 0. The van der Waals surface area contributed by atoms with Gasteiger partial charge in [0, 0.05) is 11.1 Å². The average molecular weight is 231 g/mol. The summed E-state index contributed by atoms with van der Waals surface area (Å²) in [4.78, 5) is 10.8. The first-order valence-corrected chi connectivity index (χ1v) is 4.58. The van der Waals surface area contributed by atoms with Gasteiger partial charge in [0.15, 0.2) is 18.1 Å². The van der Waals surface area contributed by atoms with Crippen LogP contribution in [0.15, 0.2) is 18.2 Å².